The monoisotopic (exact) mass is 338 g/mol. The maximum atomic E-state index is 12.2. The van der Waals surface area contributed by atoms with E-state index in [1.165, 1.54) is 11.3 Å². The fraction of sp³-hybridized carbons (Fsp3) is 0.357. The van der Waals surface area contributed by atoms with E-state index in [-0.39, 0.29) is 5.91 Å². The molecule has 0 radical (unpaired) electrons. The summed E-state index contributed by atoms with van der Waals surface area (Å²) in [5, 5.41) is 4.03. The number of amides is 1. The summed E-state index contributed by atoms with van der Waals surface area (Å²) >= 11 is 4.89. The second kappa shape index (κ2) is 4.80. The Bertz CT molecular complexity index is 652. The van der Waals surface area contributed by atoms with E-state index in [0.717, 1.165) is 27.4 Å². The number of hydrogen-bond donors (Lipinski definition) is 2. The van der Waals surface area contributed by atoms with Crippen molar-refractivity contribution in [2.75, 3.05) is 5.73 Å². The van der Waals surface area contributed by atoms with Crippen molar-refractivity contribution in [1.82, 2.24) is 5.32 Å². The SMILES string of the molecule is CCC1CC1NC(=O)c1sc2cc(Br)ccc2c1N. The molecule has 2 unspecified atom stereocenters. The number of carbonyl (C=O) groups is 1. The predicted octanol–water partition coefficient (Wildman–Crippen LogP) is 3.77. The highest BCUT2D eigenvalue weighted by Crippen LogP contribution is 2.37. The van der Waals surface area contributed by atoms with Gasteiger partial charge in [0.2, 0.25) is 0 Å². The molecule has 1 aliphatic rings. The third kappa shape index (κ3) is 2.37. The molecule has 2 aromatic rings. The number of rotatable bonds is 3. The van der Waals surface area contributed by atoms with Crippen molar-refractivity contribution in [3.05, 3.63) is 27.5 Å². The topological polar surface area (TPSA) is 55.1 Å². The molecule has 3 N–H and O–H groups in total. The molecule has 0 saturated heterocycles. The van der Waals surface area contributed by atoms with Gasteiger partial charge in [0, 0.05) is 20.6 Å². The zero-order chi connectivity index (χ0) is 13.6. The second-order valence-electron chi connectivity index (χ2n) is 4.97. The smallest absolute Gasteiger partial charge is 0.263 e. The molecule has 1 aromatic heterocycles. The van der Waals surface area contributed by atoms with Crippen LogP contribution in [0.1, 0.15) is 29.4 Å². The van der Waals surface area contributed by atoms with Crippen molar-refractivity contribution in [1.29, 1.82) is 0 Å². The summed E-state index contributed by atoms with van der Waals surface area (Å²) in [4.78, 5) is 12.9. The molecule has 19 heavy (non-hydrogen) atoms. The molecule has 1 aromatic carbocycles. The number of benzene rings is 1. The molecule has 1 amide bonds. The van der Waals surface area contributed by atoms with Crippen molar-refractivity contribution in [3.8, 4) is 0 Å². The van der Waals surface area contributed by atoms with Crippen LogP contribution in [0.5, 0.6) is 0 Å². The highest BCUT2D eigenvalue weighted by molar-refractivity contribution is 9.10. The van der Waals surface area contributed by atoms with Crippen LogP contribution in [0.15, 0.2) is 22.7 Å². The van der Waals surface area contributed by atoms with Crippen molar-refractivity contribution in [2.45, 2.75) is 25.8 Å². The van der Waals surface area contributed by atoms with Crippen LogP contribution in [0.25, 0.3) is 10.1 Å². The molecule has 1 heterocycles. The lowest BCUT2D eigenvalue weighted by atomic mass is 10.2. The van der Waals surface area contributed by atoms with Gasteiger partial charge in [-0.1, -0.05) is 35.3 Å². The summed E-state index contributed by atoms with van der Waals surface area (Å²) in [5.74, 6) is 0.615. The normalized spacial score (nSPS) is 21.6. The number of fused-ring (bicyclic) bond motifs is 1. The van der Waals surface area contributed by atoms with E-state index < -0.39 is 0 Å². The third-order valence-corrected chi connectivity index (χ3v) is 5.32. The number of anilines is 1. The molecule has 1 fully saturated rings. The minimum absolute atomic E-state index is 0.0317. The number of nitrogens with two attached hydrogens (primary N) is 1. The summed E-state index contributed by atoms with van der Waals surface area (Å²) in [5.41, 5.74) is 6.68. The zero-order valence-electron chi connectivity index (χ0n) is 10.6. The van der Waals surface area contributed by atoms with Gasteiger partial charge in [-0.15, -0.1) is 11.3 Å². The number of hydrogen-bond acceptors (Lipinski definition) is 3. The second-order valence-corrected chi connectivity index (χ2v) is 6.94. The Morgan fingerprint density at radius 2 is 2.37 bits per heavy atom. The molecular formula is C14H15BrN2OS. The molecule has 100 valence electrons. The molecule has 0 bridgehead atoms. The van der Waals surface area contributed by atoms with Crippen LogP contribution in [0.4, 0.5) is 5.69 Å². The molecule has 0 aliphatic heterocycles. The van der Waals surface area contributed by atoms with Gasteiger partial charge < -0.3 is 11.1 Å². The quantitative estimate of drug-likeness (QED) is 0.894. The number of carbonyl (C=O) groups excluding carboxylic acids is 1. The van der Waals surface area contributed by atoms with Gasteiger partial charge in [0.15, 0.2) is 0 Å². The maximum absolute atomic E-state index is 12.2. The fourth-order valence-electron chi connectivity index (χ4n) is 2.37. The summed E-state index contributed by atoms with van der Waals surface area (Å²) in [7, 11) is 0. The minimum Gasteiger partial charge on any atom is -0.397 e. The Morgan fingerprint density at radius 1 is 1.58 bits per heavy atom. The minimum atomic E-state index is -0.0317. The van der Waals surface area contributed by atoms with Crippen molar-refractivity contribution in [3.63, 3.8) is 0 Å². The van der Waals surface area contributed by atoms with Crippen LogP contribution in [0, 0.1) is 5.92 Å². The van der Waals surface area contributed by atoms with Crippen LogP contribution in [0.2, 0.25) is 0 Å². The highest BCUT2D eigenvalue weighted by Gasteiger charge is 2.37. The van der Waals surface area contributed by atoms with Gasteiger partial charge in [0.1, 0.15) is 4.88 Å². The summed E-state index contributed by atoms with van der Waals surface area (Å²) in [6.07, 6.45) is 2.22. The Hall–Kier alpha value is -1.07. The molecule has 3 nitrogen and oxygen atoms in total. The lowest BCUT2D eigenvalue weighted by Crippen LogP contribution is -2.26. The standard InChI is InChI=1S/C14H15BrN2OS/c1-2-7-5-10(7)17-14(18)13-12(16)9-4-3-8(15)6-11(9)19-13/h3-4,6-7,10H,2,5,16H2,1H3,(H,17,18). The average Bonchev–Trinajstić information content (AvgIpc) is 3.05. The first kappa shape index (κ1) is 12.9. The van der Waals surface area contributed by atoms with E-state index in [1.54, 1.807) is 0 Å². The number of thiophene rings is 1. The Balaban J connectivity index is 1.88. The van der Waals surface area contributed by atoms with E-state index in [1.807, 2.05) is 18.2 Å². The van der Waals surface area contributed by atoms with E-state index >= 15 is 0 Å². The number of nitrogen functional groups attached to an aromatic ring is 1. The van der Waals surface area contributed by atoms with Gasteiger partial charge in [-0.3, -0.25) is 4.79 Å². The van der Waals surface area contributed by atoms with Gasteiger partial charge in [-0.2, -0.15) is 0 Å². The van der Waals surface area contributed by atoms with Gasteiger partial charge >= 0.3 is 0 Å². The fourth-order valence-corrected chi connectivity index (χ4v) is 3.95. The molecular weight excluding hydrogens is 324 g/mol. The van der Waals surface area contributed by atoms with Crippen LogP contribution in [-0.4, -0.2) is 11.9 Å². The maximum Gasteiger partial charge on any atom is 0.263 e. The Morgan fingerprint density at radius 3 is 3.05 bits per heavy atom. The average molecular weight is 339 g/mol. The van der Waals surface area contributed by atoms with Crippen LogP contribution in [0.3, 0.4) is 0 Å². The zero-order valence-corrected chi connectivity index (χ0v) is 13.0. The predicted molar refractivity (Wildman–Crippen MR) is 83.6 cm³/mol. The van der Waals surface area contributed by atoms with Gasteiger partial charge in [-0.05, 0) is 24.5 Å². The van der Waals surface area contributed by atoms with E-state index in [2.05, 4.69) is 28.2 Å². The van der Waals surface area contributed by atoms with E-state index in [9.17, 15) is 4.79 Å². The van der Waals surface area contributed by atoms with Crippen LogP contribution < -0.4 is 11.1 Å². The molecule has 3 rings (SSSR count). The number of nitrogens with one attached hydrogen (secondary N) is 1. The first-order valence-corrected chi connectivity index (χ1v) is 7.99. The van der Waals surface area contributed by atoms with Crippen LogP contribution >= 0.6 is 27.3 Å². The van der Waals surface area contributed by atoms with Gasteiger partial charge in [0.05, 0.1) is 5.69 Å². The number of halogens is 1. The first-order valence-electron chi connectivity index (χ1n) is 6.38. The molecule has 1 aliphatic carbocycles. The van der Waals surface area contributed by atoms with E-state index in [0.29, 0.717) is 22.5 Å². The Kier molecular flexibility index (Phi) is 3.27. The molecule has 1 saturated carbocycles. The lowest BCUT2D eigenvalue weighted by molar-refractivity contribution is 0.0954. The van der Waals surface area contributed by atoms with E-state index in [4.69, 9.17) is 5.73 Å². The summed E-state index contributed by atoms with van der Waals surface area (Å²) < 4.78 is 2.04. The molecule has 0 spiro atoms. The van der Waals surface area contributed by atoms with Gasteiger partial charge in [-0.25, -0.2) is 0 Å². The largest absolute Gasteiger partial charge is 0.397 e. The lowest BCUT2D eigenvalue weighted by Gasteiger charge is -2.02. The van der Waals surface area contributed by atoms with Crippen molar-refractivity contribution in [2.24, 2.45) is 5.92 Å². The first-order chi connectivity index (χ1) is 9.10. The highest BCUT2D eigenvalue weighted by atomic mass is 79.9. The van der Waals surface area contributed by atoms with Crippen molar-refractivity contribution < 1.29 is 4.79 Å². The summed E-state index contributed by atoms with van der Waals surface area (Å²) in [6, 6.07) is 6.24. The molecule has 2 atom stereocenters. The molecule has 5 heteroatoms. The summed E-state index contributed by atoms with van der Waals surface area (Å²) in [6.45, 7) is 2.15. The third-order valence-electron chi connectivity index (χ3n) is 3.66. The van der Waals surface area contributed by atoms with Crippen LogP contribution in [-0.2, 0) is 0 Å². The van der Waals surface area contributed by atoms with Crippen molar-refractivity contribution >= 4 is 48.9 Å². The Labute approximate surface area is 124 Å². The van der Waals surface area contributed by atoms with Gasteiger partial charge in [0.25, 0.3) is 5.91 Å².